The van der Waals surface area contributed by atoms with Gasteiger partial charge in [0.15, 0.2) is 0 Å². The number of alkyl carbamates (subject to hydrolysis) is 1. The second-order valence-corrected chi connectivity index (χ2v) is 9.16. The topological polar surface area (TPSA) is 44.8 Å². The van der Waals surface area contributed by atoms with Crippen LogP contribution in [0.5, 0.6) is 0 Å². The van der Waals surface area contributed by atoms with Gasteiger partial charge in [-0.25, -0.2) is 9.18 Å². The number of hydrogen-bond acceptors (Lipinski definition) is 4. The van der Waals surface area contributed by atoms with Crippen LogP contribution in [0.3, 0.4) is 0 Å². The lowest BCUT2D eigenvalue weighted by atomic mass is 9.99. The van der Waals surface area contributed by atoms with Crippen molar-refractivity contribution in [3.05, 3.63) is 35.1 Å². The van der Waals surface area contributed by atoms with Gasteiger partial charge in [-0.15, -0.1) is 0 Å². The first-order valence-electron chi connectivity index (χ1n) is 9.59. The zero-order valence-electron chi connectivity index (χ0n) is 17.7. The molecule has 0 aliphatic carbocycles. The van der Waals surface area contributed by atoms with Crippen LogP contribution in [0, 0.1) is 5.82 Å². The molecular weight excluding hydrogens is 345 g/mol. The average molecular weight is 380 g/mol. The van der Waals surface area contributed by atoms with Crippen LogP contribution in [0.25, 0.3) is 0 Å². The highest BCUT2D eigenvalue weighted by Crippen LogP contribution is 2.23. The number of nitrogens with zero attached hydrogens (tertiary/aromatic N) is 2. The van der Waals surface area contributed by atoms with E-state index in [0.717, 1.165) is 25.2 Å². The molecule has 6 heteroatoms. The van der Waals surface area contributed by atoms with Gasteiger partial charge in [-0.2, -0.15) is 0 Å². The molecule has 0 aromatic heterocycles. The highest BCUT2D eigenvalue weighted by atomic mass is 19.1. The molecule has 5 nitrogen and oxygen atoms in total. The Hall–Kier alpha value is -1.66. The normalized spacial score (nSPS) is 19.6. The van der Waals surface area contributed by atoms with E-state index in [1.54, 1.807) is 0 Å². The largest absolute Gasteiger partial charge is 0.444 e. The van der Waals surface area contributed by atoms with E-state index in [4.69, 9.17) is 4.74 Å². The molecule has 1 aromatic rings. The van der Waals surface area contributed by atoms with Crippen LogP contribution in [0.15, 0.2) is 18.2 Å². The molecule has 0 spiro atoms. The number of benzene rings is 1. The number of hydrogen-bond donors (Lipinski definition) is 1. The van der Waals surface area contributed by atoms with Gasteiger partial charge in [0.1, 0.15) is 11.4 Å². The summed E-state index contributed by atoms with van der Waals surface area (Å²) in [6.45, 7) is 15.1. The monoisotopic (exact) mass is 379 g/mol. The molecule has 1 atom stereocenters. The maximum atomic E-state index is 14.7. The molecule has 2 rings (SSSR count). The van der Waals surface area contributed by atoms with Gasteiger partial charge in [-0.1, -0.05) is 12.1 Å². The van der Waals surface area contributed by atoms with E-state index in [1.165, 1.54) is 6.07 Å². The Labute approximate surface area is 162 Å². The fourth-order valence-electron chi connectivity index (χ4n) is 3.25. The number of amides is 1. The Morgan fingerprint density at radius 3 is 2.56 bits per heavy atom. The summed E-state index contributed by atoms with van der Waals surface area (Å²) in [5.41, 5.74) is 0.930. The van der Waals surface area contributed by atoms with Crippen molar-refractivity contribution in [2.45, 2.75) is 65.3 Å². The van der Waals surface area contributed by atoms with Gasteiger partial charge in [-0.05, 0) is 60.2 Å². The zero-order valence-corrected chi connectivity index (χ0v) is 17.7. The van der Waals surface area contributed by atoms with E-state index in [-0.39, 0.29) is 17.4 Å². The molecule has 1 heterocycles. The molecule has 1 aromatic carbocycles. The second-order valence-electron chi connectivity index (χ2n) is 9.16. The summed E-state index contributed by atoms with van der Waals surface area (Å²) in [6, 6.07) is 4.88. The van der Waals surface area contributed by atoms with Crippen LogP contribution >= 0.6 is 0 Å². The molecule has 0 radical (unpaired) electrons. The third kappa shape index (κ3) is 6.18. The summed E-state index contributed by atoms with van der Waals surface area (Å²) < 4.78 is 19.9. The van der Waals surface area contributed by atoms with E-state index in [1.807, 2.05) is 39.8 Å². The van der Waals surface area contributed by atoms with Gasteiger partial charge in [0.2, 0.25) is 0 Å². The van der Waals surface area contributed by atoms with Gasteiger partial charge >= 0.3 is 6.09 Å². The Kier molecular flexibility index (Phi) is 6.53. The number of rotatable bonds is 4. The van der Waals surface area contributed by atoms with Crippen LogP contribution in [-0.4, -0.2) is 53.7 Å². The number of carbonyl (C=O) groups is 1. The molecule has 1 amide bonds. The van der Waals surface area contributed by atoms with E-state index >= 15 is 0 Å². The fraction of sp³-hybridized carbons (Fsp3) is 0.667. The summed E-state index contributed by atoms with van der Waals surface area (Å²) in [5.74, 6) is -0.234. The van der Waals surface area contributed by atoms with E-state index in [0.29, 0.717) is 12.1 Å². The molecule has 1 N–H and O–H groups in total. The number of piperazine rings is 1. The molecule has 1 aliphatic rings. The zero-order chi connectivity index (χ0) is 20.4. The number of ether oxygens (including phenoxy) is 1. The molecule has 27 heavy (non-hydrogen) atoms. The minimum Gasteiger partial charge on any atom is -0.444 e. The smallest absolute Gasteiger partial charge is 0.408 e. The summed E-state index contributed by atoms with van der Waals surface area (Å²) in [7, 11) is 2.13. The highest BCUT2D eigenvalue weighted by molar-refractivity contribution is 5.68. The van der Waals surface area contributed by atoms with Crippen LogP contribution < -0.4 is 5.32 Å². The first-order chi connectivity index (χ1) is 12.4. The number of carbonyl (C=O) groups excluding carboxylic acids is 1. The van der Waals surface area contributed by atoms with Gasteiger partial charge in [0, 0.05) is 37.3 Å². The van der Waals surface area contributed by atoms with Crippen molar-refractivity contribution in [1.82, 2.24) is 15.1 Å². The second kappa shape index (κ2) is 8.15. The van der Waals surface area contributed by atoms with Crippen molar-refractivity contribution in [2.24, 2.45) is 0 Å². The summed E-state index contributed by atoms with van der Waals surface area (Å²) in [4.78, 5) is 16.5. The van der Waals surface area contributed by atoms with Crippen molar-refractivity contribution >= 4 is 6.09 Å². The quantitative estimate of drug-likeness (QED) is 0.861. The number of halogens is 1. The van der Waals surface area contributed by atoms with Crippen molar-refractivity contribution < 1.29 is 13.9 Å². The number of nitrogens with one attached hydrogen (secondary N) is 1. The lowest BCUT2D eigenvalue weighted by Crippen LogP contribution is -2.57. The third-order valence-corrected chi connectivity index (χ3v) is 5.10. The SMILES string of the molecule is CC(NC(=O)OC(C)(C)C)c1ccc(CN2CCN(C)C(C)(C)C2)c(F)c1. The van der Waals surface area contributed by atoms with Gasteiger partial charge < -0.3 is 10.1 Å². The summed E-state index contributed by atoms with van der Waals surface area (Å²) in [6.07, 6.45) is -0.501. The molecular formula is C21H34FN3O2. The number of likely N-dealkylation sites (N-methyl/N-ethyl adjacent to an activating group) is 1. The average Bonchev–Trinajstić information content (AvgIpc) is 2.50. The standard InChI is InChI=1S/C21H34FN3O2/c1-15(23-19(26)27-20(2,3)4)16-8-9-17(18(22)12-16)13-25-11-10-24(7)21(5,6)14-25/h8-9,12,15H,10-11,13-14H2,1-7H3,(H,23,26). The van der Waals surface area contributed by atoms with Crippen molar-refractivity contribution in [3.63, 3.8) is 0 Å². The molecule has 0 saturated carbocycles. The van der Waals surface area contributed by atoms with Gasteiger partial charge in [0.25, 0.3) is 0 Å². The molecule has 0 bridgehead atoms. The van der Waals surface area contributed by atoms with E-state index < -0.39 is 11.7 Å². The van der Waals surface area contributed by atoms with Crippen molar-refractivity contribution in [3.8, 4) is 0 Å². The molecule has 1 saturated heterocycles. The first kappa shape index (κ1) is 21.6. The summed E-state index contributed by atoms with van der Waals surface area (Å²) >= 11 is 0. The van der Waals surface area contributed by atoms with Crippen LogP contribution in [0.4, 0.5) is 9.18 Å². The Morgan fingerprint density at radius 2 is 2.00 bits per heavy atom. The predicted octanol–water partition coefficient (Wildman–Crippen LogP) is 3.94. The lowest BCUT2D eigenvalue weighted by molar-refractivity contribution is 0.0355. The first-order valence-corrected chi connectivity index (χ1v) is 9.59. The van der Waals surface area contributed by atoms with Crippen molar-refractivity contribution in [1.29, 1.82) is 0 Å². The Morgan fingerprint density at radius 1 is 1.33 bits per heavy atom. The molecule has 1 aliphatic heterocycles. The lowest BCUT2D eigenvalue weighted by Gasteiger charge is -2.45. The summed E-state index contributed by atoms with van der Waals surface area (Å²) in [5, 5.41) is 2.75. The minimum absolute atomic E-state index is 0.0838. The minimum atomic E-state index is -0.560. The molecule has 1 unspecified atom stereocenters. The molecule has 152 valence electrons. The third-order valence-electron chi connectivity index (χ3n) is 5.10. The van der Waals surface area contributed by atoms with E-state index in [2.05, 4.69) is 36.0 Å². The fourth-order valence-corrected chi connectivity index (χ4v) is 3.25. The predicted molar refractivity (Wildman–Crippen MR) is 106 cm³/mol. The van der Waals surface area contributed by atoms with Gasteiger partial charge in [0.05, 0.1) is 6.04 Å². The van der Waals surface area contributed by atoms with Crippen LogP contribution in [-0.2, 0) is 11.3 Å². The Balaban J connectivity index is 2.00. The maximum absolute atomic E-state index is 14.7. The van der Waals surface area contributed by atoms with Crippen molar-refractivity contribution in [2.75, 3.05) is 26.7 Å². The Bertz CT molecular complexity index is 670. The maximum Gasteiger partial charge on any atom is 0.408 e. The van der Waals surface area contributed by atoms with Gasteiger partial charge in [-0.3, -0.25) is 9.80 Å². The highest BCUT2D eigenvalue weighted by Gasteiger charge is 2.31. The van der Waals surface area contributed by atoms with Crippen LogP contribution in [0.2, 0.25) is 0 Å². The molecule has 1 fully saturated rings. The van der Waals surface area contributed by atoms with Crippen LogP contribution in [0.1, 0.15) is 58.7 Å². The van der Waals surface area contributed by atoms with E-state index in [9.17, 15) is 9.18 Å².